The number of hydrogen-bond donors (Lipinski definition) is 1. The molecule has 1 N–H and O–H groups in total. The molecule has 0 aromatic carbocycles. The summed E-state index contributed by atoms with van der Waals surface area (Å²) in [5, 5.41) is 10.9. The maximum Gasteiger partial charge on any atom is 0.365 e. The third kappa shape index (κ3) is 3.48. The largest absolute Gasteiger partial charge is 0.462 e. The van der Waals surface area contributed by atoms with Gasteiger partial charge in [0.05, 0.1) is 25.2 Å². The summed E-state index contributed by atoms with van der Waals surface area (Å²) >= 11 is 0. The smallest absolute Gasteiger partial charge is 0.365 e. The number of aromatic nitrogens is 2. The molecular weight excluding hydrogens is 424 g/mol. The van der Waals surface area contributed by atoms with E-state index < -0.39 is 35.0 Å². The Kier molecular flexibility index (Phi) is 6.49. The third-order valence-corrected chi connectivity index (χ3v) is 4.95. The molecule has 0 radical (unpaired) electrons. The molecule has 2 aromatic rings. The molecule has 3 rings (SSSR count). The molecule has 0 fully saturated rings. The van der Waals surface area contributed by atoms with Gasteiger partial charge in [-0.3, -0.25) is 4.79 Å². The van der Waals surface area contributed by atoms with Gasteiger partial charge in [0.2, 0.25) is 5.43 Å². The van der Waals surface area contributed by atoms with E-state index in [1.54, 1.807) is 13.8 Å². The number of fused-ring (bicyclic) bond motifs is 2. The van der Waals surface area contributed by atoms with Crippen LogP contribution in [-0.2, 0) is 30.3 Å². The minimum atomic E-state index is -2.53. The number of nitrogens with zero attached hydrogens (tertiary/aromatic N) is 2. The topological polar surface area (TPSA) is 143 Å². The standard InChI is InChI=1S/C21H24N2O9/c1-5-23-10-12(18(26)29-6-2)15(24)11-9-13-14(22-17(11)23)16(25)21(32-13,19(27)30-7-3)20(28)31-8-4/h9-10,16,25H,5-8H2,1-4H3. The minimum Gasteiger partial charge on any atom is -0.462 e. The second kappa shape index (κ2) is 8.95. The SMILES string of the molecule is CCOC(=O)c1cn(CC)c2nc3c(cc2c1=O)OC(C(=O)OCC)(C(=O)OCC)C3O. The lowest BCUT2D eigenvalue weighted by molar-refractivity contribution is -0.188. The first-order valence-corrected chi connectivity index (χ1v) is 10.2. The number of aliphatic hydroxyl groups is 1. The summed E-state index contributed by atoms with van der Waals surface area (Å²) in [7, 11) is 0. The second-order valence-electron chi connectivity index (χ2n) is 6.80. The maximum atomic E-state index is 13.0. The van der Waals surface area contributed by atoms with Crippen LogP contribution in [0.5, 0.6) is 5.75 Å². The number of rotatable bonds is 7. The Morgan fingerprint density at radius 3 is 2.22 bits per heavy atom. The van der Waals surface area contributed by atoms with E-state index in [0.29, 0.717) is 6.54 Å². The van der Waals surface area contributed by atoms with Gasteiger partial charge in [0.25, 0.3) is 0 Å². The summed E-state index contributed by atoms with van der Waals surface area (Å²) in [6, 6.07) is 1.23. The fourth-order valence-corrected chi connectivity index (χ4v) is 3.47. The third-order valence-electron chi connectivity index (χ3n) is 4.95. The Morgan fingerprint density at radius 2 is 1.69 bits per heavy atom. The van der Waals surface area contributed by atoms with Gasteiger partial charge in [-0.1, -0.05) is 0 Å². The van der Waals surface area contributed by atoms with Gasteiger partial charge >= 0.3 is 23.5 Å². The van der Waals surface area contributed by atoms with Crippen LogP contribution in [0.4, 0.5) is 0 Å². The van der Waals surface area contributed by atoms with Gasteiger partial charge in [0.15, 0.2) is 6.10 Å². The van der Waals surface area contributed by atoms with E-state index in [-0.39, 0.29) is 47.9 Å². The molecule has 1 unspecified atom stereocenters. The van der Waals surface area contributed by atoms with E-state index in [0.717, 1.165) is 0 Å². The molecule has 0 aliphatic carbocycles. The van der Waals surface area contributed by atoms with Crippen LogP contribution >= 0.6 is 0 Å². The number of carbonyl (C=O) groups excluding carboxylic acids is 3. The lowest BCUT2D eigenvalue weighted by Gasteiger charge is -2.26. The predicted octanol–water partition coefficient (Wildman–Crippen LogP) is 0.884. The van der Waals surface area contributed by atoms with Crippen molar-refractivity contribution in [3.63, 3.8) is 0 Å². The maximum absolute atomic E-state index is 13.0. The van der Waals surface area contributed by atoms with Crippen molar-refractivity contribution in [2.45, 2.75) is 45.9 Å². The van der Waals surface area contributed by atoms with Crippen molar-refractivity contribution in [1.82, 2.24) is 9.55 Å². The van der Waals surface area contributed by atoms with Gasteiger partial charge in [0, 0.05) is 12.7 Å². The van der Waals surface area contributed by atoms with Crippen molar-refractivity contribution < 1.29 is 38.4 Å². The van der Waals surface area contributed by atoms with Gasteiger partial charge < -0.3 is 28.6 Å². The van der Waals surface area contributed by atoms with Gasteiger partial charge in [-0.15, -0.1) is 0 Å². The number of pyridine rings is 2. The van der Waals surface area contributed by atoms with Crippen molar-refractivity contribution in [2.24, 2.45) is 0 Å². The molecule has 0 saturated carbocycles. The number of hydrogen-bond acceptors (Lipinski definition) is 10. The molecule has 0 amide bonds. The highest BCUT2D eigenvalue weighted by atomic mass is 16.6. The molecule has 0 spiro atoms. The van der Waals surface area contributed by atoms with Crippen molar-refractivity contribution >= 4 is 28.9 Å². The van der Waals surface area contributed by atoms with Crippen molar-refractivity contribution in [3.05, 3.63) is 33.7 Å². The molecule has 1 aliphatic rings. The van der Waals surface area contributed by atoms with Crippen molar-refractivity contribution in [3.8, 4) is 5.75 Å². The lowest BCUT2D eigenvalue weighted by Crippen LogP contribution is -2.55. The monoisotopic (exact) mass is 448 g/mol. The van der Waals surface area contributed by atoms with Crippen LogP contribution in [0, 0.1) is 0 Å². The molecule has 172 valence electrons. The zero-order valence-corrected chi connectivity index (χ0v) is 18.2. The van der Waals surface area contributed by atoms with Crippen molar-refractivity contribution in [2.75, 3.05) is 19.8 Å². The molecule has 11 heteroatoms. The van der Waals surface area contributed by atoms with Crippen LogP contribution in [0.3, 0.4) is 0 Å². The van der Waals surface area contributed by atoms with Crippen LogP contribution in [0.15, 0.2) is 17.1 Å². The summed E-state index contributed by atoms with van der Waals surface area (Å²) in [6.07, 6.45) is -0.529. The second-order valence-corrected chi connectivity index (χ2v) is 6.80. The average Bonchev–Trinajstić information content (AvgIpc) is 3.06. The van der Waals surface area contributed by atoms with Crippen LogP contribution in [0.2, 0.25) is 0 Å². The first-order chi connectivity index (χ1) is 15.3. The quantitative estimate of drug-likeness (QED) is 0.368. The summed E-state index contributed by atoms with van der Waals surface area (Å²) < 4.78 is 22.0. The Morgan fingerprint density at radius 1 is 1.09 bits per heavy atom. The summed E-state index contributed by atoms with van der Waals surface area (Å²) in [6.45, 7) is 6.70. The Hall–Kier alpha value is -3.47. The predicted molar refractivity (Wildman–Crippen MR) is 109 cm³/mol. The van der Waals surface area contributed by atoms with Crippen LogP contribution in [0.1, 0.15) is 49.9 Å². The molecular formula is C21H24N2O9. The fourth-order valence-electron chi connectivity index (χ4n) is 3.47. The van der Waals surface area contributed by atoms with E-state index >= 15 is 0 Å². The van der Waals surface area contributed by atoms with Crippen LogP contribution in [0.25, 0.3) is 11.0 Å². The minimum absolute atomic E-state index is 0.00753. The highest BCUT2D eigenvalue weighted by molar-refractivity contribution is 6.06. The zero-order valence-electron chi connectivity index (χ0n) is 18.2. The van der Waals surface area contributed by atoms with Gasteiger partial charge in [-0.25, -0.2) is 19.4 Å². The Labute approximate surface area is 182 Å². The number of aliphatic hydroxyl groups excluding tert-OH is 1. The fraction of sp³-hybridized carbons (Fsp3) is 0.476. The van der Waals surface area contributed by atoms with E-state index in [1.165, 1.54) is 30.7 Å². The van der Waals surface area contributed by atoms with Gasteiger partial charge in [-0.05, 0) is 33.8 Å². The first kappa shape index (κ1) is 23.2. The Balaban J connectivity index is 2.24. The molecule has 1 aliphatic heterocycles. The van der Waals surface area contributed by atoms with Crippen LogP contribution < -0.4 is 10.2 Å². The van der Waals surface area contributed by atoms with E-state index in [9.17, 15) is 24.3 Å². The molecule has 32 heavy (non-hydrogen) atoms. The van der Waals surface area contributed by atoms with E-state index in [4.69, 9.17) is 18.9 Å². The van der Waals surface area contributed by atoms with E-state index in [1.807, 2.05) is 0 Å². The van der Waals surface area contributed by atoms with Crippen molar-refractivity contribution in [1.29, 1.82) is 0 Å². The molecule has 1 atom stereocenters. The molecule has 0 bridgehead atoms. The summed E-state index contributed by atoms with van der Waals surface area (Å²) in [5.74, 6) is -3.26. The first-order valence-electron chi connectivity index (χ1n) is 10.2. The molecule has 2 aromatic heterocycles. The summed E-state index contributed by atoms with van der Waals surface area (Å²) in [5.41, 5.74) is -3.40. The zero-order chi connectivity index (χ0) is 23.6. The number of aryl methyl sites for hydroxylation is 1. The molecule has 0 saturated heterocycles. The normalized spacial score (nSPS) is 16.2. The van der Waals surface area contributed by atoms with Crippen LogP contribution in [-0.4, -0.2) is 58.0 Å². The highest BCUT2D eigenvalue weighted by Gasteiger charge is 2.63. The number of ether oxygens (including phenoxy) is 4. The number of esters is 3. The van der Waals surface area contributed by atoms with Gasteiger partial charge in [0.1, 0.15) is 22.7 Å². The average molecular weight is 448 g/mol. The number of carbonyl (C=O) groups is 3. The highest BCUT2D eigenvalue weighted by Crippen LogP contribution is 2.44. The molecule has 11 nitrogen and oxygen atoms in total. The Bertz CT molecular complexity index is 1120. The molecule has 3 heterocycles. The van der Waals surface area contributed by atoms with Gasteiger partial charge in [-0.2, -0.15) is 0 Å². The lowest BCUT2D eigenvalue weighted by atomic mass is 9.96. The van der Waals surface area contributed by atoms with E-state index in [2.05, 4.69) is 4.98 Å². The summed E-state index contributed by atoms with van der Waals surface area (Å²) in [4.78, 5) is 54.9.